The molecule has 0 N–H and O–H groups in total. The van der Waals surface area contributed by atoms with E-state index in [0.29, 0.717) is 22.3 Å². The second-order valence-electron chi connectivity index (χ2n) is 5.28. The molecule has 0 aromatic heterocycles. The number of fused-ring (bicyclic) bond motifs is 3. The van der Waals surface area contributed by atoms with E-state index in [0.717, 1.165) is 6.07 Å². The summed E-state index contributed by atoms with van der Waals surface area (Å²) in [5.74, 6) is 0. The number of hydrogen-bond donors (Lipinski definition) is 0. The van der Waals surface area contributed by atoms with Crippen LogP contribution in [-0.2, 0) is 6.42 Å². The molecule has 0 saturated heterocycles. The smallest absolute Gasteiger partial charge is 0.258 e. The summed E-state index contributed by atoms with van der Waals surface area (Å²) in [6.45, 7) is 0. The first-order valence-electron chi connectivity index (χ1n) is 7.27. The molecule has 0 saturated carbocycles. The zero-order valence-electron chi connectivity index (χ0n) is 13.5. The maximum atomic E-state index is 11.2. The van der Waals surface area contributed by atoms with Gasteiger partial charge in [0, 0.05) is 18.2 Å². The maximum Gasteiger partial charge on any atom is 0.284 e. The van der Waals surface area contributed by atoms with E-state index in [1.165, 1.54) is 24.3 Å². The lowest BCUT2D eigenvalue weighted by Crippen LogP contribution is -1.96. The molecule has 0 atom stereocenters. The molecule has 0 aliphatic heterocycles. The molecule has 0 amide bonds. The summed E-state index contributed by atoms with van der Waals surface area (Å²) in [7, 11) is 0. The van der Waals surface area contributed by atoms with Crippen LogP contribution in [0.25, 0.3) is 11.1 Å². The monoisotopic (exact) mass is 367 g/mol. The lowest BCUT2D eigenvalue weighted by Gasteiger charge is -2.03. The second-order valence-corrected chi connectivity index (χ2v) is 5.28. The Kier molecular flexibility index (Phi) is 5.38. The average Bonchev–Trinajstić information content (AvgIpc) is 2.99. The van der Waals surface area contributed by atoms with E-state index in [1.54, 1.807) is 12.1 Å². The van der Waals surface area contributed by atoms with Crippen molar-refractivity contribution in [3.63, 3.8) is 0 Å². The molecule has 2 aromatic carbocycles. The molecule has 1 aliphatic carbocycles. The van der Waals surface area contributed by atoms with Gasteiger partial charge in [-0.1, -0.05) is 0 Å². The van der Waals surface area contributed by atoms with Crippen molar-refractivity contribution in [2.45, 2.75) is 12.8 Å². The number of rotatable bonds is 3. The molecule has 0 bridgehead atoms. The number of nitriles is 2. The SMILES string of the molecule is N#CCC#N.O=[N+]([O-])c1ccc2c(c1)Cc1cc([N+](=O)[O-])cc([N+](=O)[O-])c1-2. The first-order valence-corrected chi connectivity index (χ1v) is 7.27. The number of hydrogen-bond acceptors (Lipinski definition) is 8. The minimum absolute atomic E-state index is 0. The zero-order valence-corrected chi connectivity index (χ0v) is 13.5. The predicted octanol–water partition coefficient (Wildman–Crippen LogP) is 3.41. The van der Waals surface area contributed by atoms with Gasteiger partial charge in [0.15, 0.2) is 0 Å². The molecule has 0 heterocycles. The van der Waals surface area contributed by atoms with Gasteiger partial charge in [0.1, 0.15) is 6.42 Å². The fourth-order valence-electron chi connectivity index (χ4n) is 2.69. The molecule has 1 aliphatic rings. The first-order chi connectivity index (χ1) is 12.8. The summed E-state index contributed by atoms with van der Waals surface area (Å²) in [5, 5.41) is 48.1. The number of non-ortho nitro benzene ring substituents is 2. The molecule has 0 unspecified atom stereocenters. The highest BCUT2D eigenvalue weighted by Crippen LogP contribution is 2.45. The van der Waals surface area contributed by atoms with Gasteiger partial charge >= 0.3 is 0 Å². The third-order valence-corrected chi connectivity index (χ3v) is 3.70. The summed E-state index contributed by atoms with van der Waals surface area (Å²) in [4.78, 5) is 31.0. The van der Waals surface area contributed by atoms with Gasteiger partial charge in [0.2, 0.25) is 0 Å². The molecule has 0 spiro atoms. The van der Waals surface area contributed by atoms with Gasteiger partial charge in [-0.25, -0.2) is 0 Å². The Morgan fingerprint density at radius 1 is 0.852 bits per heavy atom. The molecule has 0 fully saturated rings. The van der Waals surface area contributed by atoms with Gasteiger partial charge in [-0.2, -0.15) is 10.5 Å². The third kappa shape index (κ3) is 3.83. The van der Waals surface area contributed by atoms with Crippen LogP contribution in [0.15, 0.2) is 30.3 Å². The van der Waals surface area contributed by atoms with Gasteiger partial charge in [0.25, 0.3) is 17.1 Å². The number of benzene rings is 2. The highest BCUT2D eigenvalue weighted by atomic mass is 16.6. The summed E-state index contributed by atoms with van der Waals surface area (Å²) in [6.07, 6.45) is 0.189. The van der Waals surface area contributed by atoms with Crippen molar-refractivity contribution >= 4 is 17.1 Å². The largest absolute Gasteiger partial charge is 0.284 e. The standard InChI is InChI=1S/C13H7N3O6.C3H2N2/c17-14(18)9-1-2-11-7(4-9)3-8-5-10(15(19)20)6-12(13(8)11)16(21)22;4-2-1-3-5/h1-2,4-6H,3H2;1H2. The Labute approximate surface area is 151 Å². The molecule has 134 valence electrons. The lowest BCUT2D eigenvalue weighted by molar-refractivity contribution is -0.393. The van der Waals surface area contributed by atoms with Crippen LogP contribution in [-0.4, -0.2) is 14.8 Å². The lowest BCUT2D eigenvalue weighted by atomic mass is 10.0. The minimum atomic E-state index is -0.696. The summed E-state index contributed by atoms with van der Waals surface area (Å²) >= 11 is 0. The van der Waals surface area contributed by atoms with Gasteiger partial charge in [-0.05, 0) is 29.2 Å². The Hall–Kier alpha value is -4.38. The summed E-state index contributed by atoms with van der Waals surface area (Å²) in [5.41, 5.74) is 0.917. The van der Waals surface area contributed by atoms with E-state index in [2.05, 4.69) is 0 Å². The van der Waals surface area contributed by atoms with E-state index >= 15 is 0 Å². The Balaban J connectivity index is 0.000000465. The van der Waals surface area contributed by atoms with Crippen molar-refractivity contribution in [3.05, 3.63) is 71.8 Å². The third-order valence-electron chi connectivity index (χ3n) is 3.70. The van der Waals surface area contributed by atoms with Gasteiger partial charge in [0.05, 0.1) is 38.5 Å². The van der Waals surface area contributed by atoms with E-state index in [4.69, 9.17) is 10.5 Å². The number of nitro groups is 3. The van der Waals surface area contributed by atoms with Crippen LogP contribution in [0.2, 0.25) is 0 Å². The van der Waals surface area contributed by atoms with E-state index in [-0.39, 0.29) is 29.9 Å². The Morgan fingerprint density at radius 3 is 1.93 bits per heavy atom. The summed E-state index contributed by atoms with van der Waals surface area (Å²) in [6, 6.07) is 9.54. The maximum absolute atomic E-state index is 11.2. The van der Waals surface area contributed by atoms with Crippen molar-refractivity contribution in [1.82, 2.24) is 0 Å². The number of nitrogens with zero attached hydrogens (tertiary/aromatic N) is 5. The molecule has 0 radical (unpaired) electrons. The van der Waals surface area contributed by atoms with Crippen LogP contribution in [0.4, 0.5) is 17.1 Å². The average molecular weight is 367 g/mol. The van der Waals surface area contributed by atoms with Crippen LogP contribution < -0.4 is 0 Å². The van der Waals surface area contributed by atoms with Crippen molar-refractivity contribution in [3.8, 4) is 23.3 Å². The topological polar surface area (TPSA) is 177 Å². The van der Waals surface area contributed by atoms with Crippen molar-refractivity contribution in [2.75, 3.05) is 0 Å². The van der Waals surface area contributed by atoms with Crippen LogP contribution >= 0.6 is 0 Å². The van der Waals surface area contributed by atoms with Crippen molar-refractivity contribution in [1.29, 1.82) is 10.5 Å². The zero-order chi connectivity index (χ0) is 20.1. The molecule has 11 nitrogen and oxygen atoms in total. The Bertz CT molecular complexity index is 1040. The van der Waals surface area contributed by atoms with Gasteiger partial charge in [-0.15, -0.1) is 0 Å². The van der Waals surface area contributed by atoms with Crippen LogP contribution in [0.3, 0.4) is 0 Å². The molecular weight excluding hydrogens is 358 g/mol. The second kappa shape index (κ2) is 7.67. The van der Waals surface area contributed by atoms with E-state index < -0.39 is 14.8 Å². The fraction of sp³-hybridized carbons (Fsp3) is 0.125. The van der Waals surface area contributed by atoms with Crippen LogP contribution in [0.5, 0.6) is 0 Å². The number of nitro benzene ring substituents is 3. The predicted molar refractivity (Wildman–Crippen MR) is 90.5 cm³/mol. The van der Waals surface area contributed by atoms with E-state index in [9.17, 15) is 30.3 Å². The first kappa shape index (κ1) is 19.0. The van der Waals surface area contributed by atoms with Crippen LogP contribution in [0, 0.1) is 53.0 Å². The Morgan fingerprint density at radius 2 is 1.44 bits per heavy atom. The van der Waals surface area contributed by atoms with Crippen molar-refractivity contribution in [2.24, 2.45) is 0 Å². The quantitative estimate of drug-likeness (QED) is 0.499. The van der Waals surface area contributed by atoms with Gasteiger partial charge in [-0.3, -0.25) is 30.3 Å². The highest BCUT2D eigenvalue weighted by molar-refractivity contribution is 5.86. The summed E-state index contributed by atoms with van der Waals surface area (Å²) < 4.78 is 0. The molecule has 2 aromatic rings. The molecular formula is C16H9N5O6. The molecule has 3 rings (SSSR count). The fourth-order valence-corrected chi connectivity index (χ4v) is 2.69. The molecule has 11 heteroatoms. The van der Waals surface area contributed by atoms with Crippen molar-refractivity contribution < 1.29 is 14.8 Å². The normalized spacial score (nSPS) is 10.3. The highest BCUT2D eigenvalue weighted by Gasteiger charge is 2.31. The molecule has 27 heavy (non-hydrogen) atoms. The van der Waals surface area contributed by atoms with E-state index in [1.807, 2.05) is 0 Å². The minimum Gasteiger partial charge on any atom is -0.258 e. The van der Waals surface area contributed by atoms with Gasteiger partial charge < -0.3 is 0 Å². The van der Waals surface area contributed by atoms with Crippen LogP contribution in [0.1, 0.15) is 17.5 Å².